The van der Waals surface area contributed by atoms with E-state index >= 15 is 0 Å². The molecule has 2 heteroatoms. The van der Waals surface area contributed by atoms with E-state index in [1.165, 1.54) is 51.4 Å². The zero-order valence-electron chi connectivity index (χ0n) is 15.5. The Bertz CT molecular complexity index is 305. The standard InChI is InChI=1S/C21H38O2.CH4/c1-3-5-6-7-8-9-10-11-12-13-14-15-16-17-18-19-21(22)23-20-4-2;/h8-9,11-12H,3-7,10,13-20H2,1-2H3;1H4/b9-8-,12-11-;. The maximum absolute atomic E-state index is 11.3. The van der Waals surface area contributed by atoms with E-state index in [2.05, 4.69) is 31.2 Å². The summed E-state index contributed by atoms with van der Waals surface area (Å²) in [5.74, 6) is -0.0301. The second-order valence-electron chi connectivity index (χ2n) is 6.20. The second-order valence-corrected chi connectivity index (χ2v) is 6.20. The fraction of sp³-hybridized carbons (Fsp3) is 0.773. The average molecular weight is 339 g/mol. The highest BCUT2D eigenvalue weighted by molar-refractivity contribution is 5.69. The van der Waals surface area contributed by atoms with Gasteiger partial charge in [0.15, 0.2) is 0 Å². The lowest BCUT2D eigenvalue weighted by molar-refractivity contribution is -0.143. The van der Waals surface area contributed by atoms with Crippen molar-refractivity contribution < 1.29 is 9.53 Å². The van der Waals surface area contributed by atoms with Gasteiger partial charge in [-0.2, -0.15) is 0 Å². The van der Waals surface area contributed by atoms with Gasteiger partial charge in [0.2, 0.25) is 0 Å². The molecule has 0 atom stereocenters. The summed E-state index contributed by atoms with van der Waals surface area (Å²) in [7, 11) is 0. The van der Waals surface area contributed by atoms with Crippen molar-refractivity contribution in [1.82, 2.24) is 0 Å². The zero-order chi connectivity index (χ0) is 17.0. The number of carbonyl (C=O) groups is 1. The first-order valence-electron chi connectivity index (χ1n) is 9.76. The molecule has 0 heterocycles. The summed E-state index contributed by atoms with van der Waals surface area (Å²) in [6.45, 7) is 4.83. The Morgan fingerprint density at radius 1 is 0.750 bits per heavy atom. The Morgan fingerprint density at radius 3 is 1.96 bits per heavy atom. The van der Waals surface area contributed by atoms with Gasteiger partial charge in [0, 0.05) is 6.42 Å². The summed E-state index contributed by atoms with van der Waals surface area (Å²) in [5, 5.41) is 0. The highest BCUT2D eigenvalue weighted by Gasteiger charge is 2.00. The molecule has 0 aliphatic carbocycles. The van der Waals surface area contributed by atoms with E-state index < -0.39 is 0 Å². The third-order valence-electron chi connectivity index (χ3n) is 3.80. The van der Waals surface area contributed by atoms with Gasteiger partial charge in [0.05, 0.1) is 6.61 Å². The van der Waals surface area contributed by atoms with Gasteiger partial charge in [-0.15, -0.1) is 0 Å². The van der Waals surface area contributed by atoms with Crippen molar-refractivity contribution in [3.8, 4) is 0 Å². The van der Waals surface area contributed by atoms with Crippen LogP contribution in [0.3, 0.4) is 0 Å². The van der Waals surface area contributed by atoms with Gasteiger partial charge >= 0.3 is 5.97 Å². The number of allylic oxidation sites excluding steroid dienone is 4. The Hall–Kier alpha value is -1.05. The quantitative estimate of drug-likeness (QED) is 0.166. The number of carbonyl (C=O) groups excluding carboxylic acids is 1. The molecule has 24 heavy (non-hydrogen) atoms. The summed E-state index contributed by atoms with van der Waals surface area (Å²) >= 11 is 0. The molecule has 0 aromatic heterocycles. The number of hydrogen-bond acceptors (Lipinski definition) is 2. The highest BCUT2D eigenvalue weighted by Crippen LogP contribution is 2.08. The van der Waals surface area contributed by atoms with Crippen LogP contribution in [0.5, 0.6) is 0 Å². The van der Waals surface area contributed by atoms with Crippen molar-refractivity contribution in [1.29, 1.82) is 0 Å². The van der Waals surface area contributed by atoms with Crippen LogP contribution in [0.15, 0.2) is 24.3 Å². The van der Waals surface area contributed by atoms with Gasteiger partial charge < -0.3 is 4.74 Å². The normalized spacial score (nSPS) is 11.1. The van der Waals surface area contributed by atoms with Crippen molar-refractivity contribution in [2.24, 2.45) is 0 Å². The number of esters is 1. The number of unbranched alkanes of at least 4 members (excludes halogenated alkanes) is 8. The number of ether oxygens (including phenoxy) is 1. The summed E-state index contributed by atoms with van der Waals surface area (Å²) in [6.07, 6.45) is 24.0. The second kappa shape index (κ2) is 21.9. The summed E-state index contributed by atoms with van der Waals surface area (Å²) in [6, 6.07) is 0. The molecule has 0 saturated carbocycles. The maximum atomic E-state index is 11.3. The first kappa shape index (κ1) is 25.2. The largest absolute Gasteiger partial charge is 0.466 e. The van der Waals surface area contributed by atoms with E-state index in [0.29, 0.717) is 13.0 Å². The van der Waals surface area contributed by atoms with Gasteiger partial charge in [-0.3, -0.25) is 4.79 Å². The van der Waals surface area contributed by atoms with Gasteiger partial charge in [0.25, 0.3) is 0 Å². The van der Waals surface area contributed by atoms with E-state index in [-0.39, 0.29) is 13.4 Å². The molecule has 0 aromatic rings. The smallest absolute Gasteiger partial charge is 0.305 e. The maximum Gasteiger partial charge on any atom is 0.305 e. The number of hydrogen-bond donors (Lipinski definition) is 0. The third kappa shape index (κ3) is 20.9. The molecular formula is C22H42O2. The lowest BCUT2D eigenvalue weighted by atomic mass is 10.1. The van der Waals surface area contributed by atoms with E-state index in [0.717, 1.165) is 25.7 Å². The lowest BCUT2D eigenvalue weighted by Crippen LogP contribution is -2.04. The Kier molecular flexibility index (Phi) is 23.0. The minimum atomic E-state index is -0.0301. The molecule has 0 radical (unpaired) electrons. The Morgan fingerprint density at radius 2 is 1.33 bits per heavy atom. The molecule has 0 fully saturated rings. The molecule has 0 aromatic carbocycles. The molecule has 0 rings (SSSR count). The van der Waals surface area contributed by atoms with Crippen molar-refractivity contribution >= 4 is 5.97 Å². The van der Waals surface area contributed by atoms with E-state index in [1.807, 2.05) is 6.92 Å². The predicted octanol–water partition coefficient (Wildman–Crippen LogP) is 7.39. The minimum absolute atomic E-state index is 0. The van der Waals surface area contributed by atoms with E-state index in [1.54, 1.807) is 0 Å². The van der Waals surface area contributed by atoms with Crippen molar-refractivity contribution in [3.05, 3.63) is 24.3 Å². The van der Waals surface area contributed by atoms with Crippen LogP contribution in [0, 0.1) is 0 Å². The summed E-state index contributed by atoms with van der Waals surface area (Å²) in [4.78, 5) is 11.3. The van der Waals surface area contributed by atoms with Crippen LogP contribution in [0.2, 0.25) is 0 Å². The first-order chi connectivity index (χ1) is 11.3. The molecule has 0 saturated heterocycles. The molecule has 0 N–H and O–H groups in total. The van der Waals surface area contributed by atoms with Crippen LogP contribution >= 0.6 is 0 Å². The van der Waals surface area contributed by atoms with Gasteiger partial charge in [-0.1, -0.05) is 77.7 Å². The molecule has 142 valence electrons. The van der Waals surface area contributed by atoms with Crippen molar-refractivity contribution in [3.63, 3.8) is 0 Å². The van der Waals surface area contributed by atoms with Crippen LogP contribution < -0.4 is 0 Å². The zero-order valence-corrected chi connectivity index (χ0v) is 15.5. The molecular weight excluding hydrogens is 296 g/mol. The van der Waals surface area contributed by atoms with E-state index in [4.69, 9.17) is 4.74 Å². The molecule has 0 aliphatic rings. The van der Waals surface area contributed by atoms with Crippen molar-refractivity contribution in [2.75, 3.05) is 6.61 Å². The van der Waals surface area contributed by atoms with Crippen LogP contribution in [-0.4, -0.2) is 12.6 Å². The van der Waals surface area contributed by atoms with Crippen LogP contribution in [0.25, 0.3) is 0 Å². The molecule has 0 unspecified atom stereocenters. The van der Waals surface area contributed by atoms with E-state index in [9.17, 15) is 4.79 Å². The minimum Gasteiger partial charge on any atom is -0.466 e. The fourth-order valence-electron chi connectivity index (χ4n) is 2.37. The summed E-state index contributed by atoms with van der Waals surface area (Å²) in [5.41, 5.74) is 0. The molecule has 2 nitrogen and oxygen atoms in total. The first-order valence-corrected chi connectivity index (χ1v) is 9.76. The molecule has 0 amide bonds. The topological polar surface area (TPSA) is 26.3 Å². The monoisotopic (exact) mass is 338 g/mol. The van der Waals surface area contributed by atoms with Gasteiger partial charge in [-0.05, 0) is 44.9 Å². The van der Waals surface area contributed by atoms with Gasteiger partial charge in [0.1, 0.15) is 0 Å². The summed E-state index contributed by atoms with van der Waals surface area (Å²) < 4.78 is 5.06. The highest BCUT2D eigenvalue weighted by atomic mass is 16.5. The lowest BCUT2D eigenvalue weighted by Gasteiger charge is -2.02. The fourth-order valence-corrected chi connectivity index (χ4v) is 2.37. The van der Waals surface area contributed by atoms with Crippen LogP contribution in [-0.2, 0) is 9.53 Å². The SMILES string of the molecule is C.CCCCC/C=C\C/C=C\CCCCCCCC(=O)OCCC. The number of rotatable bonds is 16. The average Bonchev–Trinajstić information content (AvgIpc) is 2.56. The van der Waals surface area contributed by atoms with Crippen LogP contribution in [0.4, 0.5) is 0 Å². The van der Waals surface area contributed by atoms with Crippen LogP contribution in [0.1, 0.15) is 105 Å². The van der Waals surface area contributed by atoms with Crippen molar-refractivity contribution in [2.45, 2.75) is 105 Å². The Balaban J connectivity index is 0. The molecule has 0 spiro atoms. The Labute approximate surface area is 151 Å². The third-order valence-corrected chi connectivity index (χ3v) is 3.80. The predicted molar refractivity (Wildman–Crippen MR) is 107 cm³/mol. The molecule has 0 aliphatic heterocycles. The van der Waals surface area contributed by atoms with Gasteiger partial charge in [-0.25, -0.2) is 0 Å². The molecule has 0 bridgehead atoms.